The first-order chi connectivity index (χ1) is 10.2. The Morgan fingerprint density at radius 2 is 1.71 bits per heavy atom. The lowest BCUT2D eigenvalue weighted by molar-refractivity contribution is -0.121. The molecule has 5 nitrogen and oxygen atoms in total. The number of rotatable bonds is 3. The molecule has 2 amide bonds. The highest BCUT2D eigenvalue weighted by atomic mass is 16.5. The molecule has 0 spiro atoms. The molecule has 2 fully saturated rings. The van der Waals surface area contributed by atoms with E-state index in [0.717, 1.165) is 18.0 Å². The van der Waals surface area contributed by atoms with Crippen LogP contribution in [0.4, 0.5) is 16.2 Å². The lowest BCUT2D eigenvalue weighted by Crippen LogP contribution is -2.27. The zero-order chi connectivity index (χ0) is 14.8. The summed E-state index contributed by atoms with van der Waals surface area (Å²) < 4.78 is 4.52. The lowest BCUT2D eigenvalue weighted by Gasteiger charge is -2.20. The van der Waals surface area contributed by atoms with Crippen molar-refractivity contribution in [3.05, 3.63) is 24.3 Å². The van der Waals surface area contributed by atoms with Gasteiger partial charge in [0.05, 0.1) is 7.11 Å². The third-order valence-corrected chi connectivity index (χ3v) is 4.66. The van der Waals surface area contributed by atoms with Crippen molar-refractivity contribution in [2.24, 2.45) is 17.8 Å². The van der Waals surface area contributed by atoms with E-state index in [0.29, 0.717) is 11.6 Å². The van der Waals surface area contributed by atoms with Crippen LogP contribution in [0.15, 0.2) is 24.3 Å². The average Bonchev–Trinajstić information content (AvgIpc) is 3.12. The number of amides is 2. The van der Waals surface area contributed by atoms with Gasteiger partial charge in [-0.3, -0.25) is 10.1 Å². The smallest absolute Gasteiger partial charge is 0.411 e. The van der Waals surface area contributed by atoms with Gasteiger partial charge in [-0.1, -0.05) is 6.42 Å². The number of carbonyl (C=O) groups excluding carboxylic acids is 2. The molecule has 3 atom stereocenters. The van der Waals surface area contributed by atoms with Gasteiger partial charge in [-0.25, -0.2) is 4.79 Å². The monoisotopic (exact) mass is 288 g/mol. The van der Waals surface area contributed by atoms with E-state index in [1.807, 2.05) is 0 Å². The Morgan fingerprint density at radius 1 is 1.05 bits per heavy atom. The predicted octanol–water partition coefficient (Wildman–Crippen LogP) is 3.24. The van der Waals surface area contributed by atoms with Gasteiger partial charge in [0.1, 0.15) is 0 Å². The van der Waals surface area contributed by atoms with E-state index >= 15 is 0 Å². The van der Waals surface area contributed by atoms with Gasteiger partial charge in [-0.15, -0.1) is 0 Å². The van der Waals surface area contributed by atoms with Crippen LogP contribution in [0.5, 0.6) is 0 Å². The highest BCUT2D eigenvalue weighted by Gasteiger charge is 2.42. The summed E-state index contributed by atoms with van der Waals surface area (Å²) in [5.74, 6) is 1.65. The zero-order valence-electron chi connectivity index (χ0n) is 12.1. The Labute approximate surface area is 124 Å². The Bertz CT molecular complexity index is 541. The van der Waals surface area contributed by atoms with Crippen LogP contribution in [0.25, 0.3) is 0 Å². The minimum Gasteiger partial charge on any atom is -0.453 e. The molecule has 2 aliphatic rings. The number of fused-ring (bicyclic) bond motifs is 2. The Morgan fingerprint density at radius 3 is 2.24 bits per heavy atom. The Balaban J connectivity index is 1.57. The zero-order valence-corrected chi connectivity index (χ0v) is 12.1. The van der Waals surface area contributed by atoms with E-state index < -0.39 is 6.09 Å². The lowest BCUT2D eigenvalue weighted by atomic mass is 9.88. The molecule has 2 N–H and O–H groups in total. The minimum atomic E-state index is -0.506. The number of methoxy groups -OCH3 is 1. The first-order valence-corrected chi connectivity index (χ1v) is 7.41. The largest absolute Gasteiger partial charge is 0.453 e. The van der Waals surface area contributed by atoms with Crippen LogP contribution in [0, 0.1) is 17.8 Å². The summed E-state index contributed by atoms with van der Waals surface area (Å²) in [5, 5.41) is 5.56. The molecular weight excluding hydrogens is 268 g/mol. The molecule has 5 heteroatoms. The summed E-state index contributed by atoms with van der Waals surface area (Å²) in [6.07, 6.45) is 4.25. The molecule has 2 bridgehead atoms. The van der Waals surface area contributed by atoms with Crippen molar-refractivity contribution in [2.75, 3.05) is 17.7 Å². The fourth-order valence-corrected chi connectivity index (χ4v) is 3.61. The molecule has 3 rings (SSSR count). The molecule has 0 aromatic heterocycles. The van der Waals surface area contributed by atoms with Crippen LogP contribution < -0.4 is 10.6 Å². The van der Waals surface area contributed by atoms with Crippen molar-refractivity contribution < 1.29 is 14.3 Å². The van der Waals surface area contributed by atoms with Gasteiger partial charge in [-0.05, 0) is 55.4 Å². The summed E-state index contributed by atoms with van der Waals surface area (Å²) in [4.78, 5) is 23.4. The third kappa shape index (κ3) is 3.01. The first-order valence-electron chi connectivity index (χ1n) is 7.41. The van der Waals surface area contributed by atoms with Gasteiger partial charge in [-0.2, -0.15) is 0 Å². The number of hydrogen-bond acceptors (Lipinski definition) is 3. The van der Waals surface area contributed by atoms with E-state index in [9.17, 15) is 9.59 Å². The summed E-state index contributed by atoms with van der Waals surface area (Å²) in [7, 11) is 1.32. The van der Waals surface area contributed by atoms with E-state index in [2.05, 4.69) is 15.4 Å². The fraction of sp³-hybridized carbons (Fsp3) is 0.500. The van der Waals surface area contributed by atoms with Crippen LogP contribution in [0.1, 0.15) is 25.7 Å². The van der Waals surface area contributed by atoms with Gasteiger partial charge >= 0.3 is 6.09 Å². The minimum absolute atomic E-state index is 0.135. The number of nitrogens with one attached hydrogen (secondary N) is 2. The summed E-state index contributed by atoms with van der Waals surface area (Å²) in [6.45, 7) is 0. The van der Waals surface area contributed by atoms with Crippen LogP contribution >= 0.6 is 0 Å². The fourth-order valence-electron chi connectivity index (χ4n) is 3.61. The number of anilines is 2. The van der Waals surface area contributed by atoms with Crippen molar-refractivity contribution in [1.82, 2.24) is 0 Å². The number of hydrogen-bond donors (Lipinski definition) is 2. The highest BCUT2D eigenvalue weighted by molar-refractivity contribution is 5.93. The van der Waals surface area contributed by atoms with Crippen LogP contribution in [0.3, 0.4) is 0 Å². The average molecular weight is 288 g/mol. The second-order valence-corrected chi connectivity index (χ2v) is 5.96. The Hall–Kier alpha value is -2.04. The second kappa shape index (κ2) is 5.76. The second-order valence-electron chi connectivity index (χ2n) is 5.96. The molecule has 1 aromatic rings. The van der Waals surface area contributed by atoms with E-state index in [4.69, 9.17) is 0 Å². The molecule has 21 heavy (non-hydrogen) atoms. The van der Waals surface area contributed by atoms with Crippen LogP contribution in [-0.2, 0) is 9.53 Å². The standard InChI is InChI=1S/C16H20N2O3/c1-21-16(20)18-13-6-4-12(5-7-13)17-15(19)14-9-10-2-3-11(14)8-10/h4-7,10-11,14H,2-3,8-9H2,1H3,(H,17,19)(H,18,20). The van der Waals surface area contributed by atoms with Crippen molar-refractivity contribution >= 4 is 23.4 Å². The maximum atomic E-state index is 12.3. The van der Waals surface area contributed by atoms with Crippen LogP contribution in [-0.4, -0.2) is 19.1 Å². The molecule has 0 aliphatic heterocycles. The van der Waals surface area contributed by atoms with Gasteiger partial charge in [0.25, 0.3) is 0 Å². The molecule has 2 saturated carbocycles. The number of carbonyl (C=O) groups is 2. The Kier molecular flexibility index (Phi) is 3.82. The first kappa shape index (κ1) is 13.9. The normalized spacial score (nSPS) is 26.4. The molecular formula is C16H20N2O3. The van der Waals surface area contributed by atoms with Gasteiger partial charge in [0.2, 0.25) is 5.91 Å². The summed E-state index contributed by atoms with van der Waals surface area (Å²) >= 11 is 0. The quantitative estimate of drug-likeness (QED) is 0.897. The van der Waals surface area contributed by atoms with Crippen molar-refractivity contribution in [1.29, 1.82) is 0 Å². The van der Waals surface area contributed by atoms with E-state index in [1.165, 1.54) is 26.4 Å². The molecule has 0 heterocycles. The summed E-state index contributed by atoms with van der Waals surface area (Å²) in [5.41, 5.74) is 1.40. The van der Waals surface area contributed by atoms with Crippen molar-refractivity contribution in [2.45, 2.75) is 25.7 Å². The maximum absolute atomic E-state index is 12.3. The maximum Gasteiger partial charge on any atom is 0.411 e. The predicted molar refractivity (Wildman–Crippen MR) is 80.0 cm³/mol. The highest BCUT2D eigenvalue weighted by Crippen LogP contribution is 2.48. The van der Waals surface area contributed by atoms with Crippen LogP contribution in [0.2, 0.25) is 0 Å². The molecule has 2 aliphatic carbocycles. The van der Waals surface area contributed by atoms with Crippen molar-refractivity contribution in [3.63, 3.8) is 0 Å². The molecule has 0 radical (unpaired) electrons. The topological polar surface area (TPSA) is 67.4 Å². The SMILES string of the molecule is COC(=O)Nc1ccc(NC(=O)C2CC3CCC2C3)cc1. The van der Waals surface area contributed by atoms with Gasteiger partial charge in [0.15, 0.2) is 0 Å². The van der Waals surface area contributed by atoms with Gasteiger partial charge < -0.3 is 10.1 Å². The van der Waals surface area contributed by atoms with Crippen molar-refractivity contribution in [3.8, 4) is 0 Å². The summed E-state index contributed by atoms with van der Waals surface area (Å²) in [6, 6.07) is 7.06. The van der Waals surface area contributed by atoms with Gasteiger partial charge in [0, 0.05) is 17.3 Å². The number of benzene rings is 1. The molecule has 0 saturated heterocycles. The van der Waals surface area contributed by atoms with E-state index in [1.54, 1.807) is 24.3 Å². The number of ether oxygens (including phenoxy) is 1. The molecule has 1 aromatic carbocycles. The third-order valence-electron chi connectivity index (χ3n) is 4.66. The van der Waals surface area contributed by atoms with E-state index in [-0.39, 0.29) is 11.8 Å². The molecule has 112 valence electrons. The molecule has 3 unspecified atom stereocenters.